The van der Waals surface area contributed by atoms with Crippen molar-refractivity contribution < 1.29 is 24.5 Å². The summed E-state index contributed by atoms with van der Waals surface area (Å²) in [6.07, 6.45) is -2.11. The van der Waals surface area contributed by atoms with Crippen molar-refractivity contribution in [3.8, 4) is 0 Å². The number of benzene rings is 1. The van der Waals surface area contributed by atoms with Crippen LogP contribution >= 0.6 is 0 Å². The molecule has 0 fully saturated rings. The quantitative estimate of drug-likeness (QED) is 0.618. The second-order valence-electron chi connectivity index (χ2n) is 3.98. The molecule has 0 aromatic heterocycles. The molecule has 0 aliphatic carbocycles. The third-order valence-corrected chi connectivity index (χ3v) is 2.35. The lowest BCUT2D eigenvalue weighted by Gasteiger charge is -2.18. The van der Waals surface area contributed by atoms with Crippen molar-refractivity contribution in [2.24, 2.45) is 0 Å². The van der Waals surface area contributed by atoms with Crippen LogP contribution in [0.1, 0.15) is 18.6 Å². The Balaban J connectivity index is 2.74. The molecular weight excluding hydrogens is 250 g/mol. The van der Waals surface area contributed by atoms with E-state index in [-0.39, 0.29) is 6.54 Å². The minimum absolute atomic E-state index is 0.111. The van der Waals surface area contributed by atoms with E-state index in [4.69, 9.17) is 14.9 Å². The van der Waals surface area contributed by atoms with E-state index in [2.05, 4.69) is 5.32 Å². The molecule has 0 aliphatic rings. The SMILES string of the molecule is CC(=O)OC(C(=O)NCC(O)CO)c1ccccc1. The van der Waals surface area contributed by atoms with Crippen LogP contribution in [0.4, 0.5) is 0 Å². The Hall–Kier alpha value is -1.92. The summed E-state index contributed by atoms with van der Waals surface area (Å²) in [4.78, 5) is 23.0. The fourth-order valence-corrected chi connectivity index (χ4v) is 1.44. The smallest absolute Gasteiger partial charge is 0.303 e. The third kappa shape index (κ3) is 5.07. The molecule has 104 valence electrons. The van der Waals surface area contributed by atoms with Crippen molar-refractivity contribution >= 4 is 11.9 Å². The zero-order chi connectivity index (χ0) is 14.3. The molecule has 0 bridgehead atoms. The van der Waals surface area contributed by atoms with Crippen molar-refractivity contribution in [1.82, 2.24) is 5.32 Å². The van der Waals surface area contributed by atoms with Crippen LogP contribution in [0.25, 0.3) is 0 Å². The average Bonchev–Trinajstić information content (AvgIpc) is 2.42. The van der Waals surface area contributed by atoms with E-state index in [1.165, 1.54) is 6.92 Å². The summed E-state index contributed by atoms with van der Waals surface area (Å²) >= 11 is 0. The zero-order valence-electron chi connectivity index (χ0n) is 10.6. The first-order valence-corrected chi connectivity index (χ1v) is 5.83. The van der Waals surface area contributed by atoms with Crippen LogP contribution in [0.15, 0.2) is 30.3 Å². The highest BCUT2D eigenvalue weighted by atomic mass is 16.5. The van der Waals surface area contributed by atoms with Crippen LogP contribution in [0.3, 0.4) is 0 Å². The highest BCUT2D eigenvalue weighted by Gasteiger charge is 2.23. The average molecular weight is 267 g/mol. The van der Waals surface area contributed by atoms with Gasteiger partial charge in [0.05, 0.1) is 12.7 Å². The number of nitrogens with one attached hydrogen (secondary N) is 1. The van der Waals surface area contributed by atoms with E-state index in [1.54, 1.807) is 30.3 Å². The van der Waals surface area contributed by atoms with Gasteiger partial charge in [-0.25, -0.2) is 0 Å². The van der Waals surface area contributed by atoms with Gasteiger partial charge in [-0.05, 0) is 0 Å². The topological polar surface area (TPSA) is 95.9 Å². The van der Waals surface area contributed by atoms with Crippen molar-refractivity contribution in [2.45, 2.75) is 19.1 Å². The van der Waals surface area contributed by atoms with Crippen LogP contribution in [-0.4, -0.2) is 41.3 Å². The van der Waals surface area contributed by atoms with Gasteiger partial charge in [0.2, 0.25) is 6.10 Å². The molecule has 1 rings (SSSR count). The molecule has 6 heteroatoms. The molecule has 1 aromatic carbocycles. The summed E-state index contributed by atoms with van der Waals surface area (Å²) in [5, 5.41) is 20.2. The number of carbonyl (C=O) groups is 2. The molecule has 2 unspecified atom stereocenters. The van der Waals surface area contributed by atoms with Gasteiger partial charge in [-0.15, -0.1) is 0 Å². The Labute approximate surface area is 111 Å². The van der Waals surface area contributed by atoms with E-state index in [1.807, 2.05) is 0 Å². The van der Waals surface area contributed by atoms with Crippen LogP contribution in [-0.2, 0) is 14.3 Å². The zero-order valence-corrected chi connectivity index (χ0v) is 10.6. The number of amides is 1. The van der Waals surface area contributed by atoms with Gasteiger partial charge >= 0.3 is 5.97 Å². The Kier molecular flexibility index (Phi) is 5.98. The van der Waals surface area contributed by atoms with Crippen LogP contribution < -0.4 is 5.32 Å². The molecule has 0 radical (unpaired) electrons. The summed E-state index contributed by atoms with van der Waals surface area (Å²) in [6, 6.07) is 8.55. The number of rotatable bonds is 6. The molecular formula is C13H17NO5. The standard InChI is InChI=1S/C13H17NO5/c1-9(16)19-12(10-5-3-2-4-6-10)13(18)14-7-11(17)8-15/h2-6,11-12,15,17H,7-8H2,1H3,(H,14,18). The fraction of sp³-hybridized carbons (Fsp3) is 0.385. The highest BCUT2D eigenvalue weighted by Crippen LogP contribution is 2.17. The number of aliphatic hydroxyl groups is 2. The molecule has 1 amide bonds. The van der Waals surface area contributed by atoms with E-state index in [0.717, 1.165) is 0 Å². The molecule has 0 saturated heterocycles. The van der Waals surface area contributed by atoms with E-state index in [0.29, 0.717) is 5.56 Å². The number of carbonyl (C=O) groups excluding carboxylic acids is 2. The first-order chi connectivity index (χ1) is 9.04. The second kappa shape index (κ2) is 7.50. The summed E-state index contributed by atoms with van der Waals surface area (Å²) in [7, 11) is 0. The maximum Gasteiger partial charge on any atom is 0.303 e. The lowest BCUT2D eigenvalue weighted by Crippen LogP contribution is -2.38. The Morgan fingerprint density at radius 1 is 1.32 bits per heavy atom. The van der Waals surface area contributed by atoms with Crippen LogP contribution in [0.2, 0.25) is 0 Å². The molecule has 0 heterocycles. The molecule has 2 atom stereocenters. The predicted octanol–water partition coefficient (Wildman–Crippen LogP) is -0.240. The van der Waals surface area contributed by atoms with Crippen molar-refractivity contribution in [2.75, 3.05) is 13.2 Å². The van der Waals surface area contributed by atoms with Gasteiger partial charge in [0, 0.05) is 19.0 Å². The van der Waals surface area contributed by atoms with Gasteiger partial charge < -0.3 is 20.3 Å². The Morgan fingerprint density at radius 3 is 2.47 bits per heavy atom. The molecule has 0 saturated carbocycles. The first kappa shape index (κ1) is 15.1. The molecule has 0 spiro atoms. The lowest BCUT2D eigenvalue weighted by atomic mass is 10.1. The second-order valence-corrected chi connectivity index (χ2v) is 3.98. The number of aliphatic hydroxyl groups excluding tert-OH is 2. The number of hydrogen-bond acceptors (Lipinski definition) is 5. The number of esters is 1. The number of hydrogen-bond donors (Lipinski definition) is 3. The minimum atomic E-state index is -1.07. The first-order valence-electron chi connectivity index (χ1n) is 5.83. The van der Waals surface area contributed by atoms with Gasteiger partial charge in [-0.2, -0.15) is 0 Å². The third-order valence-electron chi connectivity index (χ3n) is 2.35. The summed E-state index contributed by atoms with van der Waals surface area (Å²) in [5.74, 6) is -1.12. The van der Waals surface area contributed by atoms with Crippen LogP contribution in [0, 0.1) is 0 Å². The molecule has 0 aliphatic heterocycles. The predicted molar refractivity (Wildman–Crippen MR) is 67.1 cm³/mol. The Morgan fingerprint density at radius 2 is 1.95 bits per heavy atom. The minimum Gasteiger partial charge on any atom is -0.447 e. The normalized spacial score (nSPS) is 13.4. The van der Waals surface area contributed by atoms with E-state index >= 15 is 0 Å². The van der Waals surface area contributed by atoms with Gasteiger partial charge in [0.25, 0.3) is 5.91 Å². The number of ether oxygens (including phenoxy) is 1. The molecule has 19 heavy (non-hydrogen) atoms. The maximum atomic E-state index is 11.9. The van der Waals surface area contributed by atoms with Crippen molar-refractivity contribution in [1.29, 1.82) is 0 Å². The lowest BCUT2D eigenvalue weighted by molar-refractivity contribution is -0.154. The summed E-state index contributed by atoms with van der Waals surface area (Å²) in [6.45, 7) is 0.648. The maximum absolute atomic E-state index is 11.9. The van der Waals surface area contributed by atoms with Gasteiger partial charge in [0.1, 0.15) is 0 Å². The van der Waals surface area contributed by atoms with Gasteiger partial charge in [-0.3, -0.25) is 9.59 Å². The molecule has 1 aromatic rings. The Bertz CT molecular complexity index is 420. The molecule has 6 nitrogen and oxygen atoms in total. The van der Waals surface area contributed by atoms with Crippen molar-refractivity contribution in [3.05, 3.63) is 35.9 Å². The summed E-state index contributed by atoms with van der Waals surface area (Å²) < 4.78 is 4.97. The van der Waals surface area contributed by atoms with Crippen LogP contribution in [0.5, 0.6) is 0 Å². The van der Waals surface area contributed by atoms with E-state index in [9.17, 15) is 9.59 Å². The monoisotopic (exact) mass is 267 g/mol. The van der Waals surface area contributed by atoms with Gasteiger partial charge in [-0.1, -0.05) is 30.3 Å². The highest BCUT2D eigenvalue weighted by molar-refractivity contribution is 5.84. The van der Waals surface area contributed by atoms with Gasteiger partial charge in [0.15, 0.2) is 0 Å². The van der Waals surface area contributed by atoms with E-state index < -0.39 is 30.7 Å². The largest absolute Gasteiger partial charge is 0.447 e. The van der Waals surface area contributed by atoms with Crippen molar-refractivity contribution in [3.63, 3.8) is 0 Å². The fourth-order valence-electron chi connectivity index (χ4n) is 1.44. The summed E-state index contributed by atoms with van der Waals surface area (Å²) in [5.41, 5.74) is 0.536. The molecule has 3 N–H and O–H groups in total.